The standard InChI is InChI=1S/C23H23N3O2S/c1-14-9-10-17(15(2)11-14)18-12-19(27)24-21-20(18)22(28)25-23(26(21)3)29-13-16-7-5-4-6-8-16/h4-11,18H,12-13H2,1-3H3,(H,24,27)/t18-/m0/s1. The molecule has 148 valence electrons. The summed E-state index contributed by atoms with van der Waals surface area (Å²) in [5.41, 5.74) is 4.71. The van der Waals surface area contributed by atoms with Crippen molar-refractivity contribution in [1.29, 1.82) is 0 Å². The Balaban J connectivity index is 1.75. The molecular formula is C23H23N3O2S. The Labute approximate surface area is 174 Å². The molecule has 3 aromatic rings. The van der Waals surface area contributed by atoms with Gasteiger partial charge in [0, 0.05) is 25.1 Å². The van der Waals surface area contributed by atoms with Crippen LogP contribution in [0.25, 0.3) is 0 Å². The molecule has 2 aromatic carbocycles. The fourth-order valence-electron chi connectivity index (χ4n) is 3.87. The molecule has 0 saturated carbocycles. The van der Waals surface area contributed by atoms with Gasteiger partial charge >= 0.3 is 0 Å². The van der Waals surface area contributed by atoms with Gasteiger partial charge in [-0.25, -0.2) is 0 Å². The van der Waals surface area contributed by atoms with Gasteiger partial charge in [0.25, 0.3) is 5.56 Å². The zero-order valence-electron chi connectivity index (χ0n) is 16.7. The second-order valence-electron chi connectivity index (χ2n) is 7.46. The van der Waals surface area contributed by atoms with E-state index in [4.69, 9.17) is 0 Å². The number of anilines is 1. The number of rotatable bonds is 4. The molecule has 5 nitrogen and oxygen atoms in total. The van der Waals surface area contributed by atoms with Crippen LogP contribution in [0.4, 0.5) is 5.82 Å². The van der Waals surface area contributed by atoms with E-state index in [1.54, 1.807) is 0 Å². The lowest BCUT2D eigenvalue weighted by Gasteiger charge is -2.28. The number of hydrogen-bond donors (Lipinski definition) is 1. The lowest BCUT2D eigenvalue weighted by molar-refractivity contribution is -0.116. The summed E-state index contributed by atoms with van der Waals surface area (Å²) in [4.78, 5) is 29.9. The predicted molar refractivity (Wildman–Crippen MR) is 116 cm³/mol. The molecule has 2 heterocycles. The first-order valence-electron chi connectivity index (χ1n) is 9.58. The van der Waals surface area contributed by atoms with Gasteiger partial charge in [-0.1, -0.05) is 65.9 Å². The van der Waals surface area contributed by atoms with Gasteiger partial charge in [-0.3, -0.25) is 9.59 Å². The number of benzene rings is 2. The lowest BCUT2D eigenvalue weighted by Crippen LogP contribution is -2.33. The molecule has 1 amide bonds. The number of carbonyl (C=O) groups excluding carboxylic acids is 1. The first-order chi connectivity index (χ1) is 13.9. The minimum atomic E-state index is -0.279. The van der Waals surface area contributed by atoms with Gasteiger partial charge < -0.3 is 9.88 Å². The Hall–Kier alpha value is -2.86. The number of amides is 1. The van der Waals surface area contributed by atoms with Crippen LogP contribution in [0, 0.1) is 13.8 Å². The Morgan fingerprint density at radius 3 is 2.62 bits per heavy atom. The summed E-state index contributed by atoms with van der Waals surface area (Å²) in [6.07, 6.45) is 0.254. The molecule has 1 atom stereocenters. The number of nitrogens with one attached hydrogen (secondary N) is 1. The molecule has 1 aromatic heterocycles. The van der Waals surface area contributed by atoms with E-state index in [1.807, 2.05) is 67.9 Å². The molecule has 6 heteroatoms. The fraction of sp³-hybridized carbons (Fsp3) is 0.261. The highest BCUT2D eigenvalue weighted by molar-refractivity contribution is 7.98. The third-order valence-electron chi connectivity index (χ3n) is 5.31. The van der Waals surface area contributed by atoms with Gasteiger partial charge in [-0.15, -0.1) is 0 Å². The maximum absolute atomic E-state index is 13.0. The average molecular weight is 406 g/mol. The van der Waals surface area contributed by atoms with E-state index >= 15 is 0 Å². The molecule has 1 aliphatic heterocycles. The van der Waals surface area contributed by atoms with Crippen molar-refractivity contribution in [3.63, 3.8) is 0 Å². The zero-order chi connectivity index (χ0) is 20.5. The molecule has 0 aliphatic carbocycles. The number of fused-ring (bicyclic) bond motifs is 1. The highest BCUT2D eigenvalue weighted by Gasteiger charge is 2.32. The van der Waals surface area contributed by atoms with E-state index in [2.05, 4.69) is 16.4 Å². The molecule has 0 fully saturated rings. The van der Waals surface area contributed by atoms with Crippen molar-refractivity contribution in [1.82, 2.24) is 9.55 Å². The molecule has 29 heavy (non-hydrogen) atoms. The van der Waals surface area contributed by atoms with Crippen LogP contribution in [0.2, 0.25) is 0 Å². The number of hydrogen-bond acceptors (Lipinski definition) is 4. The van der Waals surface area contributed by atoms with Crippen LogP contribution in [-0.2, 0) is 17.6 Å². The lowest BCUT2D eigenvalue weighted by atomic mass is 9.84. The van der Waals surface area contributed by atoms with E-state index in [0.717, 1.165) is 22.3 Å². The smallest absolute Gasteiger partial charge is 0.279 e. The summed E-state index contributed by atoms with van der Waals surface area (Å²) >= 11 is 1.49. The largest absolute Gasteiger partial charge is 0.312 e. The number of aryl methyl sites for hydroxylation is 2. The van der Waals surface area contributed by atoms with Crippen molar-refractivity contribution < 1.29 is 4.79 Å². The van der Waals surface area contributed by atoms with Crippen LogP contribution in [0.1, 0.15) is 40.2 Å². The Bertz CT molecular complexity index is 1140. The van der Waals surface area contributed by atoms with Crippen molar-refractivity contribution in [3.05, 3.63) is 86.7 Å². The summed E-state index contributed by atoms with van der Waals surface area (Å²) in [6, 6.07) is 16.2. The van der Waals surface area contributed by atoms with Crippen LogP contribution in [0.5, 0.6) is 0 Å². The number of carbonyl (C=O) groups is 1. The van der Waals surface area contributed by atoms with Crippen LogP contribution in [-0.4, -0.2) is 15.5 Å². The number of thioether (sulfide) groups is 1. The summed E-state index contributed by atoms with van der Waals surface area (Å²) < 4.78 is 1.83. The predicted octanol–water partition coefficient (Wildman–Crippen LogP) is 4.16. The van der Waals surface area contributed by atoms with Gasteiger partial charge in [0.2, 0.25) is 5.91 Å². The van der Waals surface area contributed by atoms with Gasteiger partial charge in [0.15, 0.2) is 5.16 Å². The van der Waals surface area contributed by atoms with E-state index in [-0.39, 0.29) is 23.8 Å². The molecule has 1 N–H and O–H groups in total. The second kappa shape index (κ2) is 7.87. The average Bonchev–Trinajstić information content (AvgIpc) is 2.70. The highest BCUT2D eigenvalue weighted by atomic mass is 32.2. The fourth-order valence-corrected chi connectivity index (χ4v) is 4.79. The van der Waals surface area contributed by atoms with Crippen molar-refractivity contribution in [3.8, 4) is 0 Å². The van der Waals surface area contributed by atoms with Crippen LogP contribution in [0.3, 0.4) is 0 Å². The Morgan fingerprint density at radius 2 is 1.90 bits per heavy atom. The van der Waals surface area contributed by atoms with E-state index in [1.165, 1.54) is 11.8 Å². The van der Waals surface area contributed by atoms with Crippen molar-refractivity contribution >= 4 is 23.5 Å². The normalized spacial score (nSPS) is 15.7. The maximum Gasteiger partial charge on any atom is 0.279 e. The van der Waals surface area contributed by atoms with Crippen molar-refractivity contribution in [2.24, 2.45) is 7.05 Å². The van der Waals surface area contributed by atoms with Crippen LogP contribution < -0.4 is 10.9 Å². The maximum atomic E-state index is 13.0. The van der Waals surface area contributed by atoms with Gasteiger partial charge in [-0.05, 0) is 30.5 Å². The minimum Gasteiger partial charge on any atom is -0.312 e. The van der Waals surface area contributed by atoms with Gasteiger partial charge in [-0.2, -0.15) is 4.98 Å². The molecular weight excluding hydrogens is 382 g/mol. The third kappa shape index (κ3) is 3.85. The molecule has 0 saturated heterocycles. The Morgan fingerprint density at radius 1 is 1.14 bits per heavy atom. The zero-order valence-corrected chi connectivity index (χ0v) is 17.5. The molecule has 1 aliphatic rings. The molecule has 0 bridgehead atoms. The first-order valence-corrected chi connectivity index (χ1v) is 10.6. The highest BCUT2D eigenvalue weighted by Crippen LogP contribution is 2.37. The summed E-state index contributed by atoms with van der Waals surface area (Å²) in [5, 5.41) is 3.51. The molecule has 0 unspecified atom stereocenters. The molecule has 0 radical (unpaired) electrons. The summed E-state index contributed by atoms with van der Waals surface area (Å²) in [6.45, 7) is 4.06. The topological polar surface area (TPSA) is 64.0 Å². The second-order valence-corrected chi connectivity index (χ2v) is 8.40. The van der Waals surface area contributed by atoms with E-state index in [0.29, 0.717) is 22.3 Å². The molecule has 0 spiro atoms. The molecule has 4 rings (SSSR count). The SMILES string of the molecule is Cc1ccc([C@@H]2CC(=O)Nc3c2c(=O)nc(SCc2ccccc2)n3C)c(C)c1. The van der Waals surface area contributed by atoms with Crippen LogP contribution >= 0.6 is 11.8 Å². The minimum absolute atomic E-state index is 0.0808. The Kier molecular flexibility index (Phi) is 5.28. The number of nitrogens with zero attached hydrogens (tertiary/aromatic N) is 2. The third-order valence-corrected chi connectivity index (χ3v) is 6.41. The summed E-state index contributed by atoms with van der Waals surface area (Å²) in [5.74, 6) is 0.900. The number of aromatic nitrogens is 2. The van der Waals surface area contributed by atoms with Gasteiger partial charge in [0.05, 0.1) is 5.56 Å². The monoisotopic (exact) mass is 405 g/mol. The van der Waals surface area contributed by atoms with E-state index < -0.39 is 0 Å². The summed E-state index contributed by atoms with van der Waals surface area (Å²) in [7, 11) is 1.85. The van der Waals surface area contributed by atoms with Gasteiger partial charge in [0.1, 0.15) is 5.82 Å². The van der Waals surface area contributed by atoms with E-state index in [9.17, 15) is 9.59 Å². The van der Waals surface area contributed by atoms with Crippen molar-refractivity contribution in [2.45, 2.75) is 37.1 Å². The quantitative estimate of drug-likeness (QED) is 0.523. The van der Waals surface area contributed by atoms with Crippen LogP contribution in [0.15, 0.2) is 58.5 Å². The first kappa shape index (κ1) is 19.5. The van der Waals surface area contributed by atoms with Crippen molar-refractivity contribution in [2.75, 3.05) is 5.32 Å².